The van der Waals surface area contributed by atoms with Crippen LogP contribution in [0.15, 0.2) is 65.7 Å². The standard InChI is InChI=1S/C30H36N4O4S2/c1-5-7-19-33(20-8-6-2)40(36,37)25-15-13-23(14-16-25)29(35)34(21-24-11-9-10-18-31-24)30-32-27-26(38-4)17-12-22(3)28(27)39-30/h9-18H,5-8,19-21H2,1-4H3. The number of pyridine rings is 1. The number of aromatic nitrogens is 2. The van der Waals surface area contributed by atoms with Gasteiger partial charge in [-0.3, -0.25) is 14.7 Å². The van der Waals surface area contributed by atoms with E-state index in [0.717, 1.165) is 35.9 Å². The lowest BCUT2D eigenvalue weighted by Gasteiger charge is -2.22. The van der Waals surface area contributed by atoms with Gasteiger partial charge in [-0.25, -0.2) is 13.4 Å². The van der Waals surface area contributed by atoms with Crippen molar-refractivity contribution >= 4 is 42.6 Å². The van der Waals surface area contributed by atoms with Gasteiger partial charge in [0.15, 0.2) is 5.13 Å². The number of amides is 1. The molecule has 0 aliphatic rings. The molecule has 0 aliphatic heterocycles. The monoisotopic (exact) mass is 580 g/mol. The van der Waals surface area contributed by atoms with Crippen molar-refractivity contribution in [2.24, 2.45) is 0 Å². The second-order valence-corrected chi connectivity index (χ2v) is 12.5. The van der Waals surface area contributed by atoms with Crippen molar-refractivity contribution in [2.75, 3.05) is 25.1 Å². The largest absolute Gasteiger partial charge is 0.494 e. The van der Waals surface area contributed by atoms with Gasteiger partial charge in [0.25, 0.3) is 5.91 Å². The van der Waals surface area contributed by atoms with Crippen LogP contribution in [0.25, 0.3) is 10.2 Å². The first kappa shape index (κ1) is 29.6. The van der Waals surface area contributed by atoms with E-state index in [4.69, 9.17) is 9.72 Å². The fraction of sp³-hybridized carbons (Fsp3) is 0.367. The summed E-state index contributed by atoms with van der Waals surface area (Å²) in [7, 11) is -2.07. The molecular formula is C30H36N4O4S2. The Morgan fingerprint density at radius 1 is 0.975 bits per heavy atom. The molecule has 10 heteroatoms. The molecular weight excluding hydrogens is 544 g/mol. The molecule has 4 aromatic rings. The molecule has 2 aromatic heterocycles. The van der Waals surface area contributed by atoms with Gasteiger partial charge in [0.05, 0.1) is 28.9 Å². The number of unbranched alkanes of at least 4 members (excludes halogenated alkanes) is 2. The number of nitrogens with zero attached hydrogens (tertiary/aromatic N) is 4. The minimum Gasteiger partial charge on any atom is -0.494 e. The van der Waals surface area contributed by atoms with Gasteiger partial charge in [0.2, 0.25) is 10.0 Å². The minimum absolute atomic E-state index is 0.188. The van der Waals surface area contributed by atoms with E-state index in [-0.39, 0.29) is 17.3 Å². The molecule has 1 amide bonds. The number of benzene rings is 2. The maximum atomic E-state index is 13.9. The molecule has 0 unspecified atom stereocenters. The molecule has 2 aromatic carbocycles. The molecule has 0 bridgehead atoms. The van der Waals surface area contributed by atoms with E-state index in [0.29, 0.717) is 40.7 Å². The van der Waals surface area contributed by atoms with E-state index in [1.807, 2.05) is 51.1 Å². The van der Waals surface area contributed by atoms with Gasteiger partial charge in [0, 0.05) is 24.8 Å². The summed E-state index contributed by atoms with van der Waals surface area (Å²) >= 11 is 1.41. The number of fused-ring (bicyclic) bond motifs is 1. The van der Waals surface area contributed by atoms with Crippen molar-refractivity contribution in [3.8, 4) is 5.75 Å². The number of carbonyl (C=O) groups excluding carboxylic acids is 1. The Balaban J connectivity index is 1.69. The van der Waals surface area contributed by atoms with E-state index in [1.54, 1.807) is 34.6 Å². The van der Waals surface area contributed by atoms with E-state index in [2.05, 4.69) is 4.98 Å². The third kappa shape index (κ3) is 6.51. The summed E-state index contributed by atoms with van der Waals surface area (Å²) in [5.74, 6) is 0.345. The number of carbonyl (C=O) groups is 1. The number of anilines is 1. The third-order valence-electron chi connectivity index (χ3n) is 6.70. The zero-order valence-corrected chi connectivity index (χ0v) is 25.1. The van der Waals surface area contributed by atoms with Crippen molar-refractivity contribution < 1.29 is 17.9 Å². The van der Waals surface area contributed by atoms with Gasteiger partial charge in [-0.1, -0.05) is 50.2 Å². The van der Waals surface area contributed by atoms with Gasteiger partial charge >= 0.3 is 0 Å². The van der Waals surface area contributed by atoms with Crippen molar-refractivity contribution in [1.29, 1.82) is 0 Å². The smallest absolute Gasteiger partial charge is 0.260 e. The Labute approximate surface area is 240 Å². The normalized spacial score (nSPS) is 11.7. The van der Waals surface area contributed by atoms with Crippen LogP contribution in [0.2, 0.25) is 0 Å². The predicted molar refractivity (Wildman–Crippen MR) is 161 cm³/mol. The highest BCUT2D eigenvalue weighted by atomic mass is 32.2. The zero-order chi connectivity index (χ0) is 28.7. The number of ether oxygens (including phenoxy) is 1. The van der Waals surface area contributed by atoms with Crippen LogP contribution >= 0.6 is 11.3 Å². The number of rotatable bonds is 13. The number of hydrogen-bond donors (Lipinski definition) is 0. The van der Waals surface area contributed by atoms with Crippen molar-refractivity contribution in [2.45, 2.75) is 57.9 Å². The summed E-state index contributed by atoms with van der Waals surface area (Å²) in [6, 6.07) is 15.6. The molecule has 0 radical (unpaired) electrons. The van der Waals surface area contributed by atoms with Crippen molar-refractivity contribution in [3.63, 3.8) is 0 Å². The highest BCUT2D eigenvalue weighted by Gasteiger charge is 2.26. The number of aryl methyl sites for hydroxylation is 1. The lowest BCUT2D eigenvalue weighted by atomic mass is 10.2. The predicted octanol–water partition coefficient (Wildman–Crippen LogP) is 6.45. The minimum atomic E-state index is -3.66. The third-order valence-corrected chi connectivity index (χ3v) is 9.82. The van der Waals surface area contributed by atoms with E-state index < -0.39 is 10.0 Å². The summed E-state index contributed by atoms with van der Waals surface area (Å²) in [6.45, 7) is 7.27. The Morgan fingerprint density at radius 2 is 1.68 bits per heavy atom. The van der Waals surface area contributed by atoms with Crippen LogP contribution in [0.1, 0.15) is 61.1 Å². The Kier molecular flexibility index (Phi) is 9.89. The highest BCUT2D eigenvalue weighted by Crippen LogP contribution is 2.37. The fourth-order valence-electron chi connectivity index (χ4n) is 4.35. The van der Waals surface area contributed by atoms with Gasteiger partial charge in [-0.05, 0) is 67.8 Å². The van der Waals surface area contributed by atoms with Crippen molar-refractivity contribution in [1.82, 2.24) is 14.3 Å². The maximum Gasteiger partial charge on any atom is 0.260 e. The van der Waals surface area contributed by atoms with Crippen LogP contribution in [0.4, 0.5) is 5.13 Å². The summed E-state index contributed by atoms with van der Waals surface area (Å²) in [6.07, 6.45) is 5.11. The first-order valence-corrected chi connectivity index (χ1v) is 15.8. The second-order valence-electron chi connectivity index (χ2n) is 9.61. The molecule has 2 heterocycles. The molecule has 4 rings (SSSR count). The second kappa shape index (κ2) is 13.3. The molecule has 40 heavy (non-hydrogen) atoms. The van der Waals surface area contributed by atoms with E-state index in [1.165, 1.54) is 23.5 Å². The van der Waals surface area contributed by atoms with E-state index >= 15 is 0 Å². The molecule has 0 atom stereocenters. The van der Waals surface area contributed by atoms with Gasteiger partial charge in [0.1, 0.15) is 11.3 Å². The van der Waals surface area contributed by atoms with Crippen LogP contribution in [-0.2, 0) is 16.6 Å². The molecule has 212 valence electrons. The zero-order valence-electron chi connectivity index (χ0n) is 23.5. The molecule has 0 N–H and O–H groups in total. The maximum absolute atomic E-state index is 13.9. The molecule has 0 saturated heterocycles. The number of methoxy groups -OCH3 is 1. The van der Waals surface area contributed by atoms with Gasteiger partial charge < -0.3 is 4.74 Å². The average Bonchev–Trinajstić information content (AvgIpc) is 3.42. The molecule has 0 spiro atoms. The summed E-state index contributed by atoms with van der Waals surface area (Å²) in [5.41, 5.74) is 2.81. The highest BCUT2D eigenvalue weighted by molar-refractivity contribution is 7.89. The molecule has 0 fully saturated rings. The lowest BCUT2D eigenvalue weighted by Crippen LogP contribution is -2.33. The first-order chi connectivity index (χ1) is 19.3. The van der Waals surface area contributed by atoms with Crippen LogP contribution in [0.5, 0.6) is 5.75 Å². The topological polar surface area (TPSA) is 92.7 Å². The Bertz CT molecular complexity index is 1530. The lowest BCUT2D eigenvalue weighted by molar-refractivity contribution is 0.0984. The number of sulfonamides is 1. The van der Waals surface area contributed by atoms with E-state index in [9.17, 15) is 13.2 Å². The number of thiazole rings is 1. The van der Waals surface area contributed by atoms with Crippen molar-refractivity contribution in [3.05, 3.63) is 77.6 Å². The van der Waals surface area contributed by atoms with Crippen LogP contribution in [0, 0.1) is 6.92 Å². The van der Waals surface area contributed by atoms with Crippen LogP contribution in [-0.4, -0.2) is 48.8 Å². The van der Waals surface area contributed by atoms with Crippen LogP contribution in [0.3, 0.4) is 0 Å². The molecule has 8 nitrogen and oxygen atoms in total. The Morgan fingerprint density at radius 3 is 2.27 bits per heavy atom. The Hall–Kier alpha value is -3.34. The summed E-state index contributed by atoms with van der Waals surface area (Å²) in [4.78, 5) is 24.9. The average molecular weight is 581 g/mol. The van der Waals surface area contributed by atoms with Crippen LogP contribution < -0.4 is 9.64 Å². The molecule has 0 aliphatic carbocycles. The van der Waals surface area contributed by atoms with Gasteiger partial charge in [-0.15, -0.1) is 0 Å². The SMILES string of the molecule is CCCCN(CCCC)S(=O)(=O)c1ccc(C(=O)N(Cc2ccccn2)c2nc3c(OC)ccc(C)c3s2)cc1. The summed E-state index contributed by atoms with van der Waals surface area (Å²) in [5, 5.41) is 0.514. The number of hydrogen-bond acceptors (Lipinski definition) is 7. The molecule has 0 saturated carbocycles. The fourth-order valence-corrected chi connectivity index (χ4v) is 6.92. The van der Waals surface area contributed by atoms with Gasteiger partial charge in [-0.2, -0.15) is 4.31 Å². The summed E-state index contributed by atoms with van der Waals surface area (Å²) < 4.78 is 34.8. The quantitative estimate of drug-likeness (QED) is 0.181. The first-order valence-electron chi connectivity index (χ1n) is 13.6.